The summed E-state index contributed by atoms with van der Waals surface area (Å²) in [6.07, 6.45) is -2.72. The lowest BCUT2D eigenvalue weighted by Gasteiger charge is -2.10. The highest BCUT2D eigenvalue weighted by atomic mass is 32.2. The third-order valence-corrected chi connectivity index (χ3v) is 3.24. The van der Waals surface area contributed by atoms with Crippen LogP contribution in [0.2, 0.25) is 0 Å². The molecule has 8 heteroatoms. The average molecular weight is 307 g/mol. The number of nitrogens with zero attached hydrogens (tertiary/aromatic N) is 1. The van der Waals surface area contributed by atoms with Crippen LogP contribution in [0.15, 0.2) is 29.3 Å². The van der Waals surface area contributed by atoms with Gasteiger partial charge in [0.05, 0.1) is 6.54 Å². The molecular formula is C12H16F3N3OS. The first kappa shape index (κ1) is 16.5. The lowest BCUT2D eigenvalue weighted by atomic mass is 10.3. The molecule has 0 bridgehead atoms. The number of nitrogens with two attached hydrogens (primary N) is 1. The number of ether oxygens (including phenoxy) is 1. The lowest BCUT2D eigenvalue weighted by Crippen LogP contribution is -2.24. The Balaban J connectivity index is 2.57. The zero-order chi connectivity index (χ0) is 15.2. The van der Waals surface area contributed by atoms with Crippen molar-refractivity contribution in [3.05, 3.63) is 24.3 Å². The summed E-state index contributed by atoms with van der Waals surface area (Å²) in [6, 6.07) is 5.27. The molecule has 1 atom stereocenters. The van der Waals surface area contributed by atoms with Crippen LogP contribution in [-0.2, 0) is 0 Å². The van der Waals surface area contributed by atoms with E-state index in [9.17, 15) is 13.2 Å². The van der Waals surface area contributed by atoms with E-state index in [4.69, 9.17) is 5.73 Å². The molecule has 1 aromatic carbocycles. The van der Waals surface area contributed by atoms with E-state index in [0.717, 1.165) is 0 Å². The SMILES string of the molecule is CSC(C)CN=C(N)Nc1ccc(OC(F)(F)F)cc1. The molecule has 0 amide bonds. The van der Waals surface area contributed by atoms with Crippen molar-refractivity contribution in [2.45, 2.75) is 18.5 Å². The summed E-state index contributed by atoms with van der Waals surface area (Å²) in [7, 11) is 0. The van der Waals surface area contributed by atoms with Crippen molar-refractivity contribution in [2.24, 2.45) is 10.7 Å². The maximum atomic E-state index is 12.0. The van der Waals surface area contributed by atoms with Gasteiger partial charge in [-0.1, -0.05) is 6.92 Å². The number of halogens is 3. The molecule has 0 fully saturated rings. The first-order valence-corrected chi connectivity index (χ1v) is 7.04. The Morgan fingerprint density at radius 2 is 2.00 bits per heavy atom. The lowest BCUT2D eigenvalue weighted by molar-refractivity contribution is -0.274. The smallest absolute Gasteiger partial charge is 0.406 e. The fraction of sp³-hybridized carbons (Fsp3) is 0.417. The van der Waals surface area contributed by atoms with Gasteiger partial charge in [-0.05, 0) is 30.5 Å². The molecule has 0 aliphatic rings. The van der Waals surface area contributed by atoms with Gasteiger partial charge in [0.25, 0.3) is 0 Å². The Morgan fingerprint density at radius 3 is 2.50 bits per heavy atom. The standard InChI is InChI=1S/C12H16F3N3OS/c1-8(20-2)7-17-11(16)18-9-3-5-10(6-4-9)19-12(13,14)15/h3-6,8H,7H2,1-2H3,(H3,16,17,18). The van der Waals surface area contributed by atoms with Gasteiger partial charge in [0.1, 0.15) is 5.75 Å². The summed E-state index contributed by atoms with van der Waals surface area (Å²) >= 11 is 1.67. The number of rotatable bonds is 5. The Kier molecular flexibility index (Phi) is 6.00. The molecule has 4 nitrogen and oxygen atoms in total. The number of anilines is 1. The van der Waals surface area contributed by atoms with Gasteiger partial charge in [-0.15, -0.1) is 13.2 Å². The third-order valence-electron chi connectivity index (χ3n) is 2.28. The fourth-order valence-electron chi connectivity index (χ4n) is 1.23. The molecule has 0 aromatic heterocycles. The van der Waals surface area contributed by atoms with Crippen molar-refractivity contribution >= 4 is 23.4 Å². The Labute approximate surface area is 119 Å². The van der Waals surface area contributed by atoms with Crippen molar-refractivity contribution in [1.82, 2.24) is 0 Å². The zero-order valence-corrected chi connectivity index (χ0v) is 11.9. The van der Waals surface area contributed by atoms with E-state index in [2.05, 4.69) is 15.0 Å². The topological polar surface area (TPSA) is 59.6 Å². The van der Waals surface area contributed by atoms with Gasteiger partial charge in [0.15, 0.2) is 5.96 Å². The van der Waals surface area contributed by atoms with Crippen LogP contribution < -0.4 is 15.8 Å². The largest absolute Gasteiger partial charge is 0.573 e. The number of guanidine groups is 1. The van der Waals surface area contributed by atoms with Gasteiger partial charge >= 0.3 is 6.36 Å². The summed E-state index contributed by atoms with van der Waals surface area (Å²) in [5, 5.41) is 3.14. The van der Waals surface area contributed by atoms with Gasteiger partial charge < -0.3 is 15.8 Å². The quantitative estimate of drug-likeness (QED) is 0.648. The number of hydrogen-bond donors (Lipinski definition) is 2. The first-order valence-electron chi connectivity index (χ1n) is 5.75. The van der Waals surface area contributed by atoms with Gasteiger partial charge in [0, 0.05) is 10.9 Å². The maximum absolute atomic E-state index is 12.0. The summed E-state index contributed by atoms with van der Waals surface area (Å²) in [4.78, 5) is 4.12. The molecule has 20 heavy (non-hydrogen) atoms. The predicted molar refractivity (Wildman–Crippen MR) is 76.2 cm³/mol. The third kappa shape index (κ3) is 6.55. The molecule has 0 radical (unpaired) electrons. The minimum Gasteiger partial charge on any atom is -0.406 e. The van der Waals surface area contributed by atoms with Crippen molar-refractivity contribution in [3.8, 4) is 5.75 Å². The number of thioether (sulfide) groups is 1. The van der Waals surface area contributed by atoms with Gasteiger partial charge in [-0.25, -0.2) is 0 Å². The fourth-order valence-corrected chi connectivity index (χ4v) is 1.45. The molecule has 1 unspecified atom stereocenters. The molecule has 1 aromatic rings. The van der Waals surface area contributed by atoms with Crippen molar-refractivity contribution < 1.29 is 17.9 Å². The van der Waals surface area contributed by atoms with E-state index in [1.165, 1.54) is 24.3 Å². The van der Waals surface area contributed by atoms with E-state index in [0.29, 0.717) is 17.5 Å². The minimum absolute atomic E-state index is 0.218. The van der Waals surface area contributed by atoms with Crippen LogP contribution in [0.25, 0.3) is 0 Å². The second kappa shape index (κ2) is 7.28. The van der Waals surface area contributed by atoms with E-state index in [1.807, 2.05) is 13.2 Å². The maximum Gasteiger partial charge on any atom is 0.573 e. The Morgan fingerprint density at radius 1 is 1.40 bits per heavy atom. The summed E-state index contributed by atoms with van der Waals surface area (Å²) in [5.41, 5.74) is 6.21. The molecule has 112 valence electrons. The molecular weight excluding hydrogens is 291 g/mol. The van der Waals surface area contributed by atoms with E-state index < -0.39 is 6.36 Å². The highest BCUT2D eigenvalue weighted by molar-refractivity contribution is 7.99. The normalized spacial score (nSPS) is 13.9. The average Bonchev–Trinajstić information content (AvgIpc) is 2.36. The minimum atomic E-state index is -4.69. The molecule has 0 spiro atoms. The van der Waals surface area contributed by atoms with E-state index in [-0.39, 0.29) is 11.7 Å². The first-order chi connectivity index (χ1) is 9.30. The predicted octanol–water partition coefficient (Wildman–Crippen LogP) is 3.06. The molecule has 0 aliphatic carbocycles. The van der Waals surface area contributed by atoms with Gasteiger partial charge in [0.2, 0.25) is 0 Å². The summed E-state index contributed by atoms with van der Waals surface area (Å²) < 4.78 is 39.7. The second-order valence-corrected chi connectivity index (χ2v) is 5.25. The Bertz CT molecular complexity index is 448. The highest BCUT2D eigenvalue weighted by Gasteiger charge is 2.30. The Hall–Kier alpha value is -1.57. The van der Waals surface area contributed by atoms with Crippen LogP contribution in [0.5, 0.6) is 5.75 Å². The number of benzene rings is 1. The van der Waals surface area contributed by atoms with Crippen molar-refractivity contribution in [2.75, 3.05) is 18.1 Å². The van der Waals surface area contributed by atoms with E-state index >= 15 is 0 Å². The van der Waals surface area contributed by atoms with Crippen LogP contribution >= 0.6 is 11.8 Å². The number of aliphatic imine (C=N–C) groups is 1. The van der Waals surface area contributed by atoms with Crippen LogP contribution in [0.1, 0.15) is 6.92 Å². The van der Waals surface area contributed by atoms with Gasteiger partial charge in [-0.3, -0.25) is 4.99 Å². The molecule has 0 aliphatic heterocycles. The van der Waals surface area contributed by atoms with Crippen LogP contribution in [0.3, 0.4) is 0 Å². The zero-order valence-electron chi connectivity index (χ0n) is 11.1. The molecule has 1 rings (SSSR count). The van der Waals surface area contributed by atoms with Crippen molar-refractivity contribution in [1.29, 1.82) is 0 Å². The summed E-state index contributed by atoms with van der Waals surface area (Å²) in [5.74, 6) is -0.0649. The molecule has 0 heterocycles. The number of alkyl halides is 3. The molecule has 3 N–H and O–H groups in total. The monoisotopic (exact) mass is 307 g/mol. The summed E-state index contributed by atoms with van der Waals surface area (Å²) in [6.45, 7) is 2.58. The van der Waals surface area contributed by atoms with Crippen LogP contribution in [0.4, 0.5) is 18.9 Å². The second-order valence-electron chi connectivity index (χ2n) is 3.97. The number of nitrogens with one attached hydrogen (secondary N) is 1. The highest BCUT2D eigenvalue weighted by Crippen LogP contribution is 2.23. The molecule has 0 saturated heterocycles. The number of hydrogen-bond acceptors (Lipinski definition) is 3. The van der Waals surface area contributed by atoms with E-state index in [1.54, 1.807) is 11.8 Å². The van der Waals surface area contributed by atoms with Crippen LogP contribution in [-0.4, -0.2) is 30.4 Å². The van der Waals surface area contributed by atoms with Crippen LogP contribution in [0, 0.1) is 0 Å². The molecule has 0 saturated carbocycles. The van der Waals surface area contributed by atoms with Crippen molar-refractivity contribution in [3.63, 3.8) is 0 Å². The van der Waals surface area contributed by atoms with Gasteiger partial charge in [-0.2, -0.15) is 11.8 Å².